The highest BCUT2D eigenvalue weighted by atomic mass is 35.5. The first kappa shape index (κ1) is 14.9. The van der Waals surface area contributed by atoms with Crippen molar-refractivity contribution in [1.82, 2.24) is 4.90 Å². The molecule has 0 aliphatic heterocycles. The monoisotopic (exact) mass is 309 g/mol. The van der Waals surface area contributed by atoms with Gasteiger partial charge < -0.3 is 9.64 Å². The van der Waals surface area contributed by atoms with E-state index in [9.17, 15) is 0 Å². The molecule has 17 heavy (non-hydrogen) atoms. The molecule has 1 aromatic rings. The molecule has 0 amide bonds. The molecule has 0 heterocycles. The highest BCUT2D eigenvalue weighted by molar-refractivity contribution is 8.22. The fourth-order valence-electron chi connectivity index (χ4n) is 1.00. The van der Waals surface area contributed by atoms with Gasteiger partial charge in [-0.05, 0) is 18.2 Å². The molecule has 0 radical (unpaired) electrons. The van der Waals surface area contributed by atoms with Gasteiger partial charge >= 0.3 is 0 Å². The van der Waals surface area contributed by atoms with E-state index in [2.05, 4.69) is 0 Å². The van der Waals surface area contributed by atoms with Gasteiger partial charge in [0.25, 0.3) is 0 Å². The molecular weight excluding hydrogens is 297 g/mol. The second-order valence-corrected chi connectivity index (χ2v) is 6.00. The summed E-state index contributed by atoms with van der Waals surface area (Å²) in [4.78, 5) is 1.90. The zero-order chi connectivity index (χ0) is 12.8. The van der Waals surface area contributed by atoms with Crippen LogP contribution in [0.25, 0.3) is 0 Å². The number of ether oxygens (including phenoxy) is 1. The molecule has 0 aliphatic carbocycles. The Balaban J connectivity index is 2.34. The molecule has 0 saturated carbocycles. The van der Waals surface area contributed by atoms with Crippen LogP contribution in [0.3, 0.4) is 0 Å². The third-order valence-electron chi connectivity index (χ3n) is 1.83. The van der Waals surface area contributed by atoms with Crippen LogP contribution in [-0.4, -0.2) is 35.7 Å². The van der Waals surface area contributed by atoms with E-state index in [-0.39, 0.29) is 0 Å². The topological polar surface area (TPSA) is 12.5 Å². The van der Waals surface area contributed by atoms with Crippen LogP contribution in [0.4, 0.5) is 0 Å². The normalized spacial score (nSPS) is 10.1. The van der Waals surface area contributed by atoms with Gasteiger partial charge in [-0.2, -0.15) is 0 Å². The molecule has 1 rings (SSSR count). The van der Waals surface area contributed by atoms with E-state index in [0.29, 0.717) is 22.4 Å². The smallest absolute Gasteiger partial charge is 0.138 e. The van der Waals surface area contributed by atoms with E-state index in [1.807, 2.05) is 19.0 Å². The third-order valence-corrected chi connectivity index (χ3v) is 4.06. The van der Waals surface area contributed by atoms with Crippen LogP contribution in [-0.2, 0) is 0 Å². The van der Waals surface area contributed by atoms with Crippen molar-refractivity contribution in [3.05, 3.63) is 28.2 Å². The van der Waals surface area contributed by atoms with Crippen molar-refractivity contribution in [2.45, 2.75) is 0 Å². The van der Waals surface area contributed by atoms with Crippen LogP contribution in [0.2, 0.25) is 10.0 Å². The van der Waals surface area contributed by atoms with Gasteiger partial charge in [0.1, 0.15) is 10.1 Å². The average molecular weight is 310 g/mol. The van der Waals surface area contributed by atoms with Crippen LogP contribution in [0.15, 0.2) is 18.2 Å². The highest BCUT2D eigenvalue weighted by Crippen LogP contribution is 2.27. The Morgan fingerprint density at radius 1 is 1.41 bits per heavy atom. The summed E-state index contributed by atoms with van der Waals surface area (Å²) in [6.07, 6.45) is 0. The van der Waals surface area contributed by atoms with Gasteiger partial charge in [0, 0.05) is 24.9 Å². The minimum Gasteiger partial charge on any atom is -0.491 e. The molecule has 0 aliphatic rings. The van der Waals surface area contributed by atoms with Gasteiger partial charge in [-0.3, -0.25) is 0 Å². The molecule has 0 N–H and O–H groups in total. The van der Waals surface area contributed by atoms with Crippen molar-refractivity contribution in [2.24, 2.45) is 0 Å². The van der Waals surface area contributed by atoms with Crippen molar-refractivity contribution in [3.63, 3.8) is 0 Å². The van der Waals surface area contributed by atoms with Crippen molar-refractivity contribution in [2.75, 3.05) is 26.5 Å². The maximum atomic E-state index is 5.97. The average Bonchev–Trinajstić information content (AvgIpc) is 2.26. The second kappa shape index (κ2) is 7.31. The van der Waals surface area contributed by atoms with Gasteiger partial charge in [-0.1, -0.05) is 47.2 Å². The van der Waals surface area contributed by atoms with Crippen LogP contribution < -0.4 is 4.74 Å². The quantitative estimate of drug-likeness (QED) is 0.616. The molecule has 0 fully saturated rings. The SMILES string of the molecule is CN(C)C(=S)SCCOc1ccc(Cl)cc1Cl. The van der Waals surface area contributed by atoms with Crippen LogP contribution in [0, 0.1) is 0 Å². The van der Waals surface area contributed by atoms with Gasteiger partial charge in [0.2, 0.25) is 0 Å². The highest BCUT2D eigenvalue weighted by Gasteiger charge is 2.03. The Bertz CT molecular complexity index is 399. The van der Waals surface area contributed by atoms with E-state index >= 15 is 0 Å². The van der Waals surface area contributed by atoms with E-state index in [0.717, 1.165) is 10.1 Å². The number of thioether (sulfide) groups is 1. The minimum absolute atomic E-state index is 0.526. The molecule has 0 saturated heterocycles. The summed E-state index contributed by atoms with van der Waals surface area (Å²) < 4.78 is 6.38. The predicted octanol–water partition coefficient (Wildman–Crippen LogP) is 3.95. The lowest BCUT2D eigenvalue weighted by Crippen LogP contribution is -2.17. The first-order chi connectivity index (χ1) is 8.00. The second-order valence-electron chi connectivity index (χ2n) is 3.43. The lowest BCUT2D eigenvalue weighted by molar-refractivity contribution is 0.344. The number of hydrogen-bond donors (Lipinski definition) is 0. The van der Waals surface area contributed by atoms with Gasteiger partial charge in [0.15, 0.2) is 0 Å². The summed E-state index contributed by atoms with van der Waals surface area (Å²) in [6, 6.07) is 5.18. The van der Waals surface area contributed by atoms with Crippen LogP contribution in [0.5, 0.6) is 5.75 Å². The summed E-state index contributed by atoms with van der Waals surface area (Å²) in [5, 5.41) is 1.13. The fraction of sp³-hybridized carbons (Fsp3) is 0.364. The lowest BCUT2D eigenvalue weighted by atomic mass is 10.3. The molecule has 94 valence electrons. The Morgan fingerprint density at radius 3 is 2.71 bits per heavy atom. The van der Waals surface area contributed by atoms with Gasteiger partial charge in [-0.15, -0.1) is 0 Å². The number of benzene rings is 1. The summed E-state index contributed by atoms with van der Waals surface area (Å²) in [7, 11) is 3.85. The lowest BCUT2D eigenvalue weighted by Gasteiger charge is -2.13. The van der Waals surface area contributed by atoms with E-state index in [4.69, 9.17) is 40.2 Å². The first-order valence-corrected chi connectivity index (χ1v) is 7.07. The largest absolute Gasteiger partial charge is 0.491 e. The Labute approximate surface area is 121 Å². The zero-order valence-corrected chi connectivity index (χ0v) is 12.7. The molecule has 0 spiro atoms. The molecule has 1 aromatic carbocycles. The van der Waals surface area contributed by atoms with Crippen molar-refractivity contribution < 1.29 is 4.74 Å². The molecule has 0 aromatic heterocycles. The van der Waals surface area contributed by atoms with E-state index in [1.54, 1.807) is 30.0 Å². The first-order valence-electron chi connectivity index (χ1n) is 4.92. The maximum absolute atomic E-state index is 5.97. The summed E-state index contributed by atoms with van der Waals surface area (Å²) in [5.41, 5.74) is 0. The van der Waals surface area contributed by atoms with E-state index < -0.39 is 0 Å². The molecule has 6 heteroatoms. The van der Waals surface area contributed by atoms with Crippen LogP contribution in [0.1, 0.15) is 0 Å². The van der Waals surface area contributed by atoms with Crippen molar-refractivity contribution in [3.8, 4) is 5.75 Å². The van der Waals surface area contributed by atoms with Crippen molar-refractivity contribution >= 4 is 51.5 Å². The molecule has 0 bridgehead atoms. The van der Waals surface area contributed by atoms with Crippen LogP contribution >= 0.6 is 47.2 Å². The molecule has 0 unspecified atom stereocenters. The number of rotatable bonds is 4. The van der Waals surface area contributed by atoms with Gasteiger partial charge in [0.05, 0.1) is 11.6 Å². The number of hydrogen-bond acceptors (Lipinski definition) is 3. The standard InChI is InChI=1S/C11H13Cl2NOS2/c1-14(2)11(16)17-6-5-15-10-4-3-8(12)7-9(10)13/h3-4,7H,5-6H2,1-2H3. The molecule has 2 nitrogen and oxygen atoms in total. The van der Waals surface area contributed by atoms with Crippen molar-refractivity contribution in [1.29, 1.82) is 0 Å². The predicted molar refractivity (Wildman–Crippen MR) is 80.7 cm³/mol. The Kier molecular flexibility index (Phi) is 6.41. The van der Waals surface area contributed by atoms with Gasteiger partial charge in [-0.25, -0.2) is 0 Å². The molecular formula is C11H13Cl2NOS2. The third kappa shape index (κ3) is 5.34. The summed E-state index contributed by atoms with van der Waals surface area (Å²) in [5.74, 6) is 1.43. The number of thiocarbonyl (C=S) groups is 1. The molecule has 0 atom stereocenters. The summed E-state index contributed by atoms with van der Waals surface area (Å²) in [6.45, 7) is 0.556. The fourth-order valence-corrected chi connectivity index (χ4v) is 2.31. The summed E-state index contributed by atoms with van der Waals surface area (Å²) >= 11 is 18.5. The van der Waals surface area contributed by atoms with E-state index in [1.165, 1.54) is 0 Å². The minimum atomic E-state index is 0.526. The Hall–Kier alpha value is -0.160. The number of halogens is 2. The zero-order valence-electron chi connectivity index (χ0n) is 9.57. The Morgan fingerprint density at radius 2 is 2.12 bits per heavy atom. The number of nitrogens with zero attached hydrogens (tertiary/aromatic N) is 1. The maximum Gasteiger partial charge on any atom is 0.138 e.